The molecule has 2 aliphatic rings. The number of carbonyl (C=O) groups excluding carboxylic acids is 2. The van der Waals surface area contributed by atoms with Crippen molar-refractivity contribution in [1.29, 1.82) is 0 Å². The first-order valence-electron chi connectivity index (χ1n) is 10.3. The van der Waals surface area contributed by atoms with E-state index in [2.05, 4.69) is 20.5 Å². The molecule has 1 saturated heterocycles. The summed E-state index contributed by atoms with van der Waals surface area (Å²) in [7, 11) is 0. The van der Waals surface area contributed by atoms with Gasteiger partial charge in [0.2, 0.25) is 11.8 Å². The molecule has 2 amide bonds. The normalized spacial score (nSPS) is 18.6. The van der Waals surface area contributed by atoms with E-state index in [9.17, 15) is 9.59 Å². The summed E-state index contributed by atoms with van der Waals surface area (Å²) in [6.07, 6.45) is 2.59. The Kier molecular flexibility index (Phi) is 4.78. The highest BCUT2D eigenvalue weighted by molar-refractivity contribution is 5.97. The quantitative estimate of drug-likeness (QED) is 0.663. The maximum absolute atomic E-state index is 12.7. The third kappa shape index (κ3) is 3.96. The molecule has 1 unspecified atom stereocenters. The summed E-state index contributed by atoms with van der Waals surface area (Å²) < 4.78 is 0. The third-order valence-corrected chi connectivity index (χ3v) is 5.68. The number of aromatic amines is 1. The van der Waals surface area contributed by atoms with Crippen LogP contribution in [0.15, 0.2) is 54.6 Å². The maximum atomic E-state index is 12.7. The number of nitrogens with one attached hydrogen (secondary N) is 2. The van der Waals surface area contributed by atoms with Crippen LogP contribution in [0.4, 0.5) is 5.69 Å². The number of H-pyrrole nitrogens is 1. The van der Waals surface area contributed by atoms with Crippen LogP contribution in [-0.4, -0.2) is 38.4 Å². The summed E-state index contributed by atoms with van der Waals surface area (Å²) in [5, 5.41) is 10.2. The Hall–Kier alpha value is -3.48. The smallest absolute Gasteiger partial charge is 0.229 e. The molecule has 1 saturated carbocycles. The number of anilines is 1. The molecule has 0 bridgehead atoms. The Bertz CT molecular complexity index is 1060. The molecule has 1 aliphatic heterocycles. The van der Waals surface area contributed by atoms with E-state index in [1.807, 2.05) is 54.6 Å². The Labute approximate surface area is 174 Å². The van der Waals surface area contributed by atoms with Gasteiger partial charge in [-0.25, -0.2) is 4.98 Å². The lowest BCUT2D eigenvalue weighted by Crippen LogP contribution is -2.28. The van der Waals surface area contributed by atoms with Crippen LogP contribution in [0.1, 0.15) is 36.6 Å². The molecule has 3 aromatic rings. The second-order valence-corrected chi connectivity index (χ2v) is 8.05. The summed E-state index contributed by atoms with van der Waals surface area (Å²) in [5.74, 6) is 1.71. The Morgan fingerprint density at radius 2 is 1.87 bits per heavy atom. The topological polar surface area (TPSA) is 91.0 Å². The predicted octanol–water partition coefficient (Wildman–Crippen LogP) is 3.34. The van der Waals surface area contributed by atoms with Crippen LogP contribution in [0.2, 0.25) is 0 Å². The minimum absolute atomic E-state index is 0.0189. The van der Waals surface area contributed by atoms with E-state index in [4.69, 9.17) is 0 Å². The first kappa shape index (κ1) is 18.5. The molecule has 1 aromatic heterocycles. The van der Waals surface area contributed by atoms with Crippen molar-refractivity contribution in [3.8, 4) is 11.4 Å². The number of amides is 2. The number of benzene rings is 2. The summed E-state index contributed by atoms with van der Waals surface area (Å²) in [5.41, 5.74) is 2.68. The number of hydrogen-bond donors (Lipinski definition) is 2. The van der Waals surface area contributed by atoms with Crippen LogP contribution >= 0.6 is 0 Å². The molecule has 2 fully saturated rings. The monoisotopic (exact) mass is 401 g/mol. The van der Waals surface area contributed by atoms with Crippen LogP contribution in [0.5, 0.6) is 0 Å². The Morgan fingerprint density at radius 3 is 2.60 bits per heavy atom. The van der Waals surface area contributed by atoms with Crippen molar-refractivity contribution < 1.29 is 9.59 Å². The molecule has 5 rings (SSSR count). The summed E-state index contributed by atoms with van der Waals surface area (Å²) in [6, 6.07) is 17.3. The largest absolute Gasteiger partial charge is 0.338 e. The molecule has 7 nitrogen and oxygen atoms in total. The van der Waals surface area contributed by atoms with Gasteiger partial charge in [0.25, 0.3) is 0 Å². The SMILES string of the molecule is O=C(Nc1ccc(-c2n[nH]c(C3CC3)n2)cc1)C1CC(=O)N(Cc2ccccc2)C1. The van der Waals surface area contributed by atoms with Crippen molar-refractivity contribution in [2.24, 2.45) is 5.92 Å². The minimum Gasteiger partial charge on any atom is -0.338 e. The highest BCUT2D eigenvalue weighted by Gasteiger charge is 2.34. The average Bonchev–Trinajstić information content (AvgIpc) is 3.38. The number of aromatic nitrogens is 3. The highest BCUT2D eigenvalue weighted by Crippen LogP contribution is 2.38. The molecule has 0 spiro atoms. The molecule has 152 valence electrons. The second-order valence-electron chi connectivity index (χ2n) is 8.05. The zero-order valence-corrected chi connectivity index (χ0v) is 16.5. The van der Waals surface area contributed by atoms with Gasteiger partial charge >= 0.3 is 0 Å². The molecule has 2 aromatic carbocycles. The standard InChI is InChI=1S/C23H23N5O2/c29-20-12-18(14-28(20)13-15-4-2-1-3-5-15)23(30)24-19-10-8-17(9-11-19)22-25-21(26-27-22)16-6-7-16/h1-5,8-11,16,18H,6-7,12-14H2,(H,24,30)(H,25,26,27). The van der Waals surface area contributed by atoms with Crippen molar-refractivity contribution in [3.05, 3.63) is 66.0 Å². The van der Waals surface area contributed by atoms with Gasteiger partial charge in [-0.3, -0.25) is 14.7 Å². The number of likely N-dealkylation sites (tertiary alicyclic amines) is 1. The minimum atomic E-state index is -0.338. The molecule has 0 radical (unpaired) electrons. The molecule has 1 aliphatic carbocycles. The van der Waals surface area contributed by atoms with E-state index >= 15 is 0 Å². The van der Waals surface area contributed by atoms with Crippen LogP contribution < -0.4 is 5.32 Å². The van der Waals surface area contributed by atoms with E-state index in [1.165, 1.54) is 12.8 Å². The van der Waals surface area contributed by atoms with Crippen LogP contribution in [-0.2, 0) is 16.1 Å². The van der Waals surface area contributed by atoms with Gasteiger partial charge in [-0.1, -0.05) is 30.3 Å². The van der Waals surface area contributed by atoms with Crippen LogP contribution in [0, 0.1) is 5.92 Å². The first-order chi connectivity index (χ1) is 14.7. The Morgan fingerprint density at radius 1 is 1.10 bits per heavy atom. The molecule has 7 heteroatoms. The van der Waals surface area contributed by atoms with Crippen molar-refractivity contribution >= 4 is 17.5 Å². The van der Waals surface area contributed by atoms with E-state index in [0.29, 0.717) is 30.5 Å². The lowest BCUT2D eigenvalue weighted by atomic mass is 10.1. The number of nitrogens with zero attached hydrogens (tertiary/aromatic N) is 3. The van der Waals surface area contributed by atoms with Gasteiger partial charge in [0, 0.05) is 36.7 Å². The number of rotatable bonds is 6. The second kappa shape index (κ2) is 7.74. The van der Waals surface area contributed by atoms with E-state index < -0.39 is 0 Å². The third-order valence-electron chi connectivity index (χ3n) is 5.68. The highest BCUT2D eigenvalue weighted by atomic mass is 16.2. The lowest BCUT2D eigenvalue weighted by Gasteiger charge is -2.16. The maximum Gasteiger partial charge on any atom is 0.229 e. The van der Waals surface area contributed by atoms with Crippen molar-refractivity contribution in [3.63, 3.8) is 0 Å². The van der Waals surface area contributed by atoms with Crippen molar-refractivity contribution in [1.82, 2.24) is 20.1 Å². The van der Waals surface area contributed by atoms with Gasteiger partial charge in [0.1, 0.15) is 5.82 Å². The van der Waals surface area contributed by atoms with E-state index in [0.717, 1.165) is 17.0 Å². The Balaban J connectivity index is 1.19. The zero-order chi connectivity index (χ0) is 20.5. The molecule has 1 atom stereocenters. The first-order valence-corrected chi connectivity index (χ1v) is 10.3. The molecule has 2 N–H and O–H groups in total. The predicted molar refractivity (Wildman–Crippen MR) is 112 cm³/mol. The van der Waals surface area contributed by atoms with Gasteiger partial charge in [0.05, 0.1) is 5.92 Å². The fraction of sp³-hybridized carbons (Fsp3) is 0.304. The molecule has 2 heterocycles. The lowest BCUT2D eigenvalue weighted by molar-refractivity contribution is -0.128. The fourth-order valence-corrected chi connectivity index (χ4v) is 3.79. The molecular formula is C23H23N5O2. The summed E-state index contributed by atoms with van der Waals surface area (Å²) >= 11 is 0. The van der Waals surface area contributed by atoms with Crippen molar-refractivity contribution in [2.45, 2.75) is 31.7 Å². The van der Waals surface area contributed by atoms with Gasteiger partial charge < -0.3 is 10.2 Å². The zero-order valence-electron chi connectivity index (χ0n) is 16.5. The number of carbonyl (C=O) groups is 2. The number of hydrogen-bond acceptors (Lipinski definition) is 4. The molecular weight excluding hydrogens is 378 g/mol. The van der Waals surface area contributed by atoms with Gasteiger partial charge in [0.15, 0.2) is 5.82 Å². The van der Waals surface area contributed by atoms with E-state index in [-0.39, 0.29) is 24.2 Å². The summed E-state index contributed by atoms with van der Waals surface area (Å²) in [4.78, 5) is 31.3. The average molecular weight is 401 g/mol. The van der Waals surface area contributed by atoms with Crippen LogP contribution in [0.3, 0.4) is 0 Å². The van der Waals surface area contributed by atoms with Gasteiger partial charge in [-0.05, 0) is 42.7 Å². The molecule has 30 heavy (non-hydrogen) atoms. The van der Waals surface area contributed by atoms with Crippen molar-refractivity contribution in [2.75, 3.05) is 11.9 Å². The summed E-state index contributed by atoms with van der Waals surface area (Å²) in [6.45, 7) is 0.983. The van der Waals surface area contributed by atoms with E-state index in [1.54, 1.807) is 4.90 Å². The van der Waals surface area contributed by atoms with Gasteiger partial charge in [-0.15, -0.1) is 0 Å². The van der Waals surface area contributed by atoms with Gasteiger partial charge in [-0.2, -0.15) is 5.10 Å². The fourth-order valence-electron chi connectivity index (χ4n) is 3.79. The van der Waals surface area contributed by atoms with Crippen LogP contribution in [0.25, 0.3) is 11.4 Å².